The Hall–Kier alpha value is -3.43. The molecule has 6 rings (SSSR count). The standard InChI is InChI=1S/C30H25NOS/c1-18-13-21-15-20(9-10-28(21)33-18)27-17-24-26(32-27)11-12-31-29(24)22-14-19-7-5-6-8-23(19)25(16-22)30(2,3)4/h5-17H,1-4H3. The van der Waals surface area contributed by atoms with E-state index in [0.29, 0.717) is 0 Å². The molecule has 0 atom stereocenters. The van der Waals surface area contributed by atoms with Crippen LogP contribution < -0.4 is 0 Å². The van der Waals surface area contributed by atoms with Crippen molar-refractivity contribution in [2.24, 2.45) is 0 Å². The van der Waals surface area contributed by atoms with Gasteiger partial charge in [0.15, 0.2) is 0 Å². The molecular formula is C30H25NOS. The third kappa shape index (κ3) is 3.44. The Morgan fingerprint density at radius 1 is 0.788 bits per heavy atom. The summed E-state index contributed by atoms with van der Waals surface area (Å²) in [5.41, 5.74) is 5.40. The Balaban J connectivity index is 1.55. The number of furan rings is 1. The summed E-state index contributed by atoms with van der Waals surface area (Å²) in [6.07, 6.45) is 1.85. The van der Waals surface area contributed by atoms with Crippen LogP contribution in [-0.2, 0) is 5.41 Å². The second-order valence-corrected chi connectivity index (χ2v) is 11.1. The number of benzene rings is 3. The predicted octanol–water partition coefficient (Wildman–Crippen LogP) is 9.14. The molecule has 0 fully saturated rings. The molecule has 3 heteroatoms. The zero-order valence-electron chi connectivity index (χ0n) is 19.3. The van der Waals surface area contributed by atoms with Crippen LogP contribution in [0.4, 0.5) is 0 Å². The normalized spacial score (nSPS) is 12.2. The van der Waals surface area contributed by atoms with E-state index in [1.54, 1.807) is 0 Å². The summed E-state index contributed by atoms with van der Waals surface area (Å²) >= 11 is 1.82. The van der Waals surface area contributed by atoms with Crippen molar-refractivity contribution in [2.45, 2.75) is 33.1 Å². The van der Waals surface area contributed by atoms with E-state index in [1.165, 1.54) is 31.3 Å². The highest BCUT2D eigenvalue weighted by Crippen LogP contribution is 2.39. The molecule has 0 aliphatic rings. The third-order valence-electron chi connectivity index (χ3n) is 6.31. The quantitative estimate of drug-likeness (QED) is 0.264. The van der Waals surface area contributed by atoms with Crippen molar-refractivity contribution < 1.29 is 4.42 Å². The number of thiophene rings is 1. The van der Waals surface area contributed by atoms with Gasteiger partial charge in [-0.15, -0.1) is 11.3 Å². The molecule has 162 valence electrons. The van der Waals surface area contributed by atoms with Crippen LogP contribution in [-0.4, -0.2) is 4.98 Å². The number of aromatic nitrogens is 1. The first-order chi connectivity index (χ1) is 15.9. The van der Waals surface area contributed by atoms with Crippen LogP contribution >= 0.6 is 11.3 Å². The van der Waals surface area contributed by atoms with Crippen LogP contribution in [0.25, 0.3) is 54.4 Å². The summed E-state index contributed by atoms with van der Waals surface area (Å²) in [4.78, 5) is 6.13. The maximum atomic E-state index is 6.32. The first kappa shape index (κ1) is 20.2. The van der Waals surface area contributed by atoms with Crippen molar-refractivity contribution in [3.05, 3.63) is 89.4 Å². The van der Waals surface area contributed by atoms with Gasteiger partial charge in [-0.05, 0) is 82.6 Å². The highest BCUT2D eigenvalue weighted by Gasteiger charge is 2.20. The van der Waals surface area contributed by atoms with Gasteiger partial charge in [-0.1, -0.05) is 45.0 Å². The van der Waals surface area contributed by atoms with Crippen molar-refractivity contribution in [1.29, 1.82) is 0 Å². The van der Waals surface area contributed by atoms with Crippen molar-refractivity contribution in [3.8, 4) is 22.6 Å². The molecule has 3 heterocycles. The lowest BCUT2D eigenvalue weighted by atomic mass is 9.82. The minimum absolute atomic E-state index is 0.0269. The molecule has 0 aliphatic heterocycles. The average Bonchev–Trinajstić information content (AvgIpc) is 3.39. The highest BCUT2D eigenvalue weighted by atomic mass is 32.1. The van der Waals surface area contributed by atoms with Crippen LogP contribution in [0.15, 0.2) is 83.4 Å². The van der Waals surface area contributed by atoms with Gasteiger partial charge in [-0.2, -0.15) is 0 Å². The largest absolute Gasteiger partial charge is 0.456 e. The first-order valence-corrected chi connectivity index (χ1v) is 12.1. The Morgan fingerprint density at radius 2 is 1.61 bits per heavy atom. The van der Waals surface area contributed by atoms with Crippen LogP contribution in [0.2, 0.25) is 0 Å². The number of fused-ring (bicyclic) bond motifs is 3. The van der Waals surface area contributed by atoms with E-state index in [4.69, 9.17) is 9.40 Å². The summed E-state index contributed by atoms with van der Waals surface area (Å²) in [5, 5.41) is 4.84. The molecule has 0 amide bonds. The lowest BCUT2D eigenvalue weighted by molar-refractivity contribution is 0.596. The second-order valence-electron chi connectivity index (χ2n) is 9.79. The van der Waals surface area contributed by atoms with E-state index < -0.39 is 0 Å². The van der Waals surface area contributed by atoms with Gasteiger partial charge < -0.3 is 4.42 Å². The molecular weight excluding hydrogens is 422 g/mol. The minimum Gasteiger partial charge on any atom is -0.456 e. The van der Waals surface area contributed by atoms with Crippen molar-refractivity contribution >= 4 is 43.2 Å². The summed E-state index contributed by atoms with van der Waals surface area (Å²) in [6.45, 7) is 8.96. The monoisotopic (exact) mass is 447 g/mol. The van der Waals surface area contributed by atoms with E-state index >= 15 is 0 Å². The molecule has 0 N–H and O–H groups in total. The fourth-order valence-electron chi connectivity index (χ4n) is 4.73. The molecule has 2 nitrogen and oxygen atoms in total. The van der Waals surface area contributed by atoms with Gasteiger partial charge in [-0.25, -0.2) is 0 Å². The zero-order valence-corrected chi connectivity index (χ0v) is 20.1. The molecule has 0 radical (unpaired) electrons. The summed E-state index contributed by atoms with van der Waals surface area (Å²) < 4.78 is 7.63. The number of rotatable bonds is 2. The minimum atomic E-state index is 0.0269. The molecule has 0 saturated carbocycles. The summed E-state index contributed by atoms with van der Waals surface area (Å²) in [5.74, 6) is 0.877. The molecule has 6 aromatic rings. The highest BCUT2D eigenvalue weighted by molar-refractivity contribution is 7.19. The van der Waals surface area contributed by atoms with Crippen LogP contribution in [0.5, 0.6) is 0 Å². The number of hydrogen-bond acceptors (Lipinski definition) is 3. The molecule has 0 unspecified atom stereocenters. The van der Waals surface area contributed by atoms with Crippen molar-refractivity contribution in [3.63, 3.8) is 0 Å². The first-order valence-electron chi connectivity index (χ1n) is 11.3. The molecule has 3 aromatic carbocycles. The maximum absolute atomic E-state index is 6.32. The Bertz CT molecular complexity index is 1660. The van der Waals surface area contributed by atoms with Crippen LogP contribution in [0.1, 0.15) is 31.2 Å². The average molecular weight is 448 g/mol. The number of hydrogen-bond donors (Lipinski definition) is 0. The zero-order chi connectivity index (χ0) is 22.7. The molecule has 0 saturated heterocycles. The molecule has 33 heavy (non-hydrogen) atoms. The Labute approximate surface area is 197 Å². The molecule has 0 bridgehead atoms. The van der Waals surface area contributed by atoms with Gasteiger partial charge >= 0.3 is 0 Å². The van der Waals surface area contributed by atoms with Gasteiger partial charge in [0.25, 0.3) is 0 Å². The second kappa shape index (κ2) is 7.29. The van der Waals surface area contributed by atoms with Crippen LogP contribution in [0.3, 0.4) is 0 Å². The Kier molecular flexibility index (Phi) is 4.46. The van der Waals surface area contributed by atoms with Gasteiger partial charge in [0.05, 0.1) is 5.69 Å². The molecule has 0 aliphatic carbocycles. The number of nitrogens with zero attached hydrogens (tertiary/aromatic N) is 1. The SMILES string of the molecule is Cc1cc2cc(-c3cc4c(-c5cc(C(C)(C)C)c6ccccc6c5)nccc4o3)ccc2s1. The fourth-order valence-corrected chi connectivity index (χ4v) is 5.64. The summed E-state index contributed by atoms with van der Waals surface area (Å²) in [6, 6.07) is 26.1. The number of pyridine rings is 1. The smallest absolute Gasteiger partial charge is 0.138 e. The van der Waals surface area contributed by atoms with E-state index in [-0.39, 0.29) is 5.41 Å². The lowest BCUT2D eigenvalue weighted by Gasteiger charge is -2.22. The summed E-state index contributed by atoms with van der Waals surface area (Å²) in [7, 11) is 0. The fraction of sp³-hybridized carbons (Fsp3) is 0.167. The van der Waals surface area contributed by atoms with Gasteiger partial charge in [0.1, 0.15) is 11.3 Å². The lowest BCUT2D eigenvalue weighted by Crippen LogP contribution is -2.12. The van der Waals surface area contributed by atoms with Crippen molar-refractivity contribution in [2.75, 3.05) is 0 Å². The topological polar surface area (TPSA) is 26.0 Å². The third-order valence-corrected chi connectivity index (χ3v) is 7.34. The van der Waals surface area contributed by atoms with E-state index in [1.807, 2.05) is 23.6 Å². The van der Waals surface area contributed by atoms with E-state index in [9.17, 15) is 0 Å². The van der Waals surface area contributed by atoms with Crippen LogP contribution in [0, 0.1) is 6.92 Å². The predicted molar refractivity (Wildman–Crippen MR) is 141 cm³/mol. The molecule has 3 aromatic heterocycles. The molecule has 0 spiro atoms. The maximum Gasteiger partial charge on any atom is 0.138 e. The van der Waals surface area contributed by atoms with Gasteiger partial charge in [-0.3, -0.25) is 4.98 Å². The number of aryl methyl sites for hydroxylation is 1. The Morgan fingerprint density at radius 3 is 2.45 bits per heavy atom. The van der Waals surface area contributed by atoms with Crippen molar-refractivity contribution in [1.82, 2.24) is 4.98 Å². The van der Waals surface area contributed by atoms with E-state index in [0.717, 1.165) is 33.6 Å². The van der Waals surface area contributed by atoms with Gasteiger partial charge in [0, 0.05) is 32.3 Å². The van der Waals surface area contributed by atoms with E-state index in [2.05, 4.69) is 94.4 Å². The van der Waals surface area contributed by atoms with Gasteiger partial charge in [0.2, 0.25) is 0 Å².